The van der Waals surface area contributed by atoms with Crippen LogP contribution in [0.3, 0.4) is 0 Å². The van der Waals surface area contributed by atoms with Gasteiger partial charge in [-0.15, -0.1) is 10.2 Å². The number of rotatable bonds is 2. The minimum absolute atomic E-state index is 0.823. The van der Waals surface area contributed by atoms with E-state index < -0.39 is 0 Å². The first-order chi connectivity index (χ1) is 26.3. The third-order valence-corrected chi connectivity index (χ3v) is 11.6. The zero-order valence-corrected chi connectivity index (χ0v) is 28.3. The monoisotopic (exact) mass is 673 g/mol. The maximum atomic E-state index is 5.23. The van der Waals surface area contributed by atoms with Crippen molar-refractivity contribution >= 4 is 103 Å². The molecule has 0 unspecified atom stereocenters. The molecule has 0 saturated carbocycles. The molecule has 244 valence electrons. The Kier molecular flexibility index (Phi) is 5.06. The Morgan fingerprint density at radius 1 is 0.302 bits per heavy atom. The van der Waals surface area contributed by atoms with Crippen molar-refractivity contribution in [3.63, 3.8) is 0 Å². The molecule has 0 atom stereocenters. The van der Waals surface area contributed by atoms with Crippen molar-refractivity contribution in [3.8, 4) is 11.6 Å². The lowest BCUT2D eigenvalue weighted by Crippen LogP contribution is -2.06. The highest BCUT2D eigenvalue weighted by atomic mass is 15.3. The molecule has 0 bridgehead atoms. The predicted molar refractivity (Wildman–Crippen MR) is 220 cm³/mol. The Bertz CT molecular complexity index is 3640. The number of fused-ring (bicyclic) bond motifs is 15. The highest BCUT2D eigenvalue weighted by molar-refractivity contribution is 6.35. The van der Waals surface area contributed by atoms with E-state index in [9.17, 15) is 0 Å². The van der Waals surface area contributed by atoms with Gasteiger partial charge in [-0.2, -0.15) is 0 Å². The zero-order valence-electron chi connectivity index (χ0n) is 28.3. The lowest BCUT2D eigenvalue weighted by molar-refractivity contribution is 0.930. The lowest BCUT2D eigenvalue weighted by Gasteiger charge is -2.14. The van der Waals surface area contributed by atoms with Crippen LogP contribution in [0, 0.1) is 0 Å². The highest BCUT2D eigenvalue weighted by Gasteiger charge is 2.26. The van der Waals surface area contributed by atoms with Crippen LogP contribution in [0.25, 0.3) is 115 Å². The van der Waals surface area contributed by atoms with Crippen LogP contribution in [-0.2, 0) is 0 Å². The molecule has 5 nitrogen and oxygen atoms in total. The SMILES string of the molecule is c1ccc2cc3c(cc2c1)c1c2c(cc4c5ccccc5n3c41)c1ccccc1n2-c1nnc(-n2c3ccccc3c3ccccc32)c2ccccc12. The van der Waals surface area contributed by atoms with Crippen molar-refractivity contribution in [2.45, 2.75) is 0 Å². The predicted octanol–water partition coefficient (Wildman–Crippen LogP) is 12.1. The molecule has 0 fully saturated rings. The molecular formula is C48H27N5. The van der Waals surface area contributed by atoms with E-state index in [0.29, 0.717) is 0 Å². The van der Waals surface area contributed by atoms with E-state index in [1.807, 2.05) is 0 Å². The number of para-hydroxylation sites is 4. The van der Waals surface area contributed by atoms with Gasteiger partial charge in [-0.1, -0.05) is 121 Å². The summed E-state index contributed by atoms with van der Waals surface area (Å²) in [6, 6.07) is 59.3. The van der Waals surface area contributed by atoms with Gasteiger partial charge in [0.15, 0.2) is 11.6 Å². The topological polar surface area (TPSA) is 40.1 Å². The molecule has 5 heterocycles. The van der Waals surface area contributed by atoms with Crippen LogP contribution in [0.2, 0.25) is 0 Å². The minimum Gasteiger partial charge on any atom is -0.308 e. The maximum Gasteiger partial charge on any atom is 0.168 e. The first-order valence-electron chi connectivity index (χ1n) is 18.1. The first-order valence-corrected chi connectivity index (χ1v) is 18.1. The largest absolute Gasteiger partial charge is 0.308 e. The van der Waals surface area contributed by atoms with E-state index in [2.05, 4.69) is 177 Å². The van der Waals surface area contributed by atoms with Gasteiger partial charge in [-0.25, -0.2) is 0 Å². The molecular weight excluding hydrogens is 647 g/mol. The van der Waals surface area contributed by atoms with E-state index in [4.69, 9.17) is 10.2 Å². The van der Waals surface area contributed by atoms with Gasteiger partial charge in [0, 0.05) is 53.9 Å². The fraction of sp³-hybridized carbons (Fsp3) is 0. The summed E-state index contributed by atoms with van der Waals surface area (Å²) in [7, 11) is 0. The fourth-order valence-electron chi connectivity index (χ4n) is 9.47. The Morgan fingerprint density at radius 2 is 0.736 bits per heavy atom. The summed E-state index contributed by atoms with van der Waals surface area (Å²) in [6.07, 6.45) is 0. The van der Waals surface area contributed by atoms with E-state index in [0.717, 1.165) is 44.5 Å². The number of nitrogens with zero attached hydrogens (tertiary/aromatic N) is 5. The molecule has 13 aromatic rings. The number of hydrogen-bond donors (Lipinski definition) is 0. The molecule has 0 N–H and O–H groups in total. The Morgan fingerprint density at radius 3 is 1.36 bits per heavy atom. The Balaban J connectivity index is 1.23. The average molecular weight is 674 g/mol. The summed E-state index contributed by atoms with van der Waals surface area (Å²) < 4.78 is 7.15. The van der Waals surface area contributed by atoms with Gasteiger partial charge >= 0.3 is 0 Å². The average Bonchev–Trinajstić information content (AvgIpc) is 3.93. The Labute approximate surface area is 301 Å². The van der Waals surface area contributed by atoms with Crippen molar-refractivity contribution in [1.82, 2.24) is 23.7 Å². The van der Waals surface area contributed by atoms with E-state index in [1.54, 1.807) is 0 Å². The molecule has 0 aliphatic rings. The third-order valence-electron chi connectivity index (χ3n) is 11.6. The molecule has 0 spiro atoms. The molecule has 13 rings (SSSR count). The zero-order chi connectivity index (χ0) is 34.4. The van der Waals surface area contributed by atoms with Crippen LogP contribution in [0.15, 0.2) is 164 Å². The van der Waals surface area contributed by atoms with Crippen molar-refractivity contribution in [2.24, 2.45) is 0 Å². The summed E-state index contributed by atoms with van der Waals surface area (Å²) in [5, 5.41) is 24.8. The fourth-order valence-corrected chi connectivity index (χ4v) is 9.47. The van der Waals surface area contributed by atoms with E-state index in [-0.39, 0.29) is 0 Å². The molecule has 0 amide bonds. The molecule has 8 aromatic carbocycles. The van der Waals surface area contributed by atoms with Gasteiger partial charge in [0.25, 0.3) is 0 Å². The van der Waals surface area contributed by atoms with Crippen molar-refractivity contribution in [2.75, 3.05) is 0 Å². The molecule has 53 heavy (non-hydrogen) atoms. The molecule has 0 saturated heterocycles. The maximum absolute atomic E-state index is 5.23. The van der Waals surface area contributed by atoms with Crippen LogP contribution >= 0.6 is 0 Å². The Hall–Kier alpha value is -7.24. The standard InChI is InChI=1S/C48H27N5/c1-2-14-29-26-43-38(25-28(29)13-1)44-45-36(32-17-7-9-21-39(32)51(43)45)27-37-33-18-8-12-24-42(33)53(46(37)44)48-35-20-4-3-19-34(35)47(49-50-48)52-40-22-10-5-15-30(40)31-16-6-11-23-41(31)52/h1-27H. The highest BCUT2D eigenvalue weighted by Crippen LogP contribution is 2.47. The summed E-state index contributed by atoms with van der Waals surface area (Å²) in [5.41, 5.74) is 8.18. The smallest absolute Gasteiger partial charge is 0.168 e. The second kappa shape index (κ2) is 9.75. The lowest BCUT2D eigenvalue weighted by atomic mass is 10.0. The minimum atomic E-state index is 0.823. The number of hydrogen-bond acceptors (Lipinski definition) is 2. The second-order valence-electron chi connectivity index (χ2n) is 14.2. The summed E-state index contributed by atoms with van der Waals surface area (Å²) in [5.74, 6) is 1.65. The summed E-state index contributed by atoms with van der Waals surface area (Å²) in [6.45, 7) is 0. The normalized spacial score (nSPS) is 12.5. The summed E-state index contributed by atoms with van der Waals surface area (Å²) >= 11 is 0. The molecule has 0 aliphatic heterocycles. The molecule has 5 heteroatoms. The molecule has 0 aliphatic carbocycles. The van der Waals surface area contributed by atoms with Crippen LogP contribution in [0.5, 0.6) is 0 Å². The summed E-state index contributed by atoms with van der Waals surface area (Å²) in [4.78, 5) is 0. The number of aromatic nitrogens is 5. The van der Waals surface area contributed by atoms with Gasteiger partial charge in [-0.05, 0) is 53.2 Å². The van der Waals surface area contributed by atoms with Crippen molar-refractivity contribution in [3.05, 3.63) is 164 Å². The van der Waals surface area contributed by atoms with Crippen molar-refractivity contribution in [1.29, 1.82) is 0 Å². The van der Waals surface area contributed by atoms with E-state index in [1.165, 1.54) is 70.4 Å². The second-order valence-corrected chi connectivity index (χ2v) is 14.2. The van der Waals surface area contributed by atoms with Gasteiger partial charge in [-0.3, -0.25) is 9.13 Å². The number of benzene rings is 8. The van der Waals surface area contributed by atoms with Crippen LogP contribution in [0.4, 0.5) is 0 Å². The van der Waals surface area contributed by atoms with Gasteiger partial charge < -0.3 is 4.40 Å². The van der Waals surface area contributed by atoms with Gasteiger partial charge in [0.05, 0.1) is 38.6 Å². The van der Waals surface area contributed by atoms with Crippen molar-refractivity contribution < 1.29 is 0 Å². The van der Waals surface area contributed by atoms with Crippen LogP contribution < -0.4 is 0 Å². The molecule has 0 radical (unpaired) electrons. The van der Waals surface area contributed by atoms with Gasteiger partial charge in [0.1, 0.15) is 0 Å². The van der Waals surface area contributed by atoms with Gasteiger partial charge in [0.2, 0.25) is 0 Å². The quantitative estimate of drug-likeness (QED) is 0.183. The third kappa shape index (κ3) is 3.37. The first kappa shape index (κ1) is 27.5. The van der Waals surface area contributed by atoms with Crippen LogP contribution in [0.1, 0.15) is 0 Å². The van der Waals surface area contributed by atoms with E-state index >= 15 is 0 Å². The van der Waals surface area contributed by atoms with Crippen LogP contribution in [-0.4, -0.2) is 23.7 Å². The molecule has 5 aromatic heterocycles.